The first-order chi connectivity index (χ1) is 9.56. The molecule has 1 unspecified atom stereocenters. The predicted molar refractivity (Wildman–Crippen MR) is 86.6 cm³/mol. The van der Waals surface area contributed by atoms with Crippen LogP contribution in [-0.2, 0) is 16.6 Å². The van der Waals surface area contributed by atoms with E-state index in [1.165, 1.54) is 5.56 Å². The quantitative estimate of drug-likeness (QED) is 0.832. The number of rotatable bonds is 3. The topological polar surface area (TPSA) is 75.4 Å². The largest absolute Gasteiger partial charge is 0.399 e. The van der Waals surface area contributed by atoms with Gasteiger partial charge in [0.25, 0.3) is 10.2 Å². The molecule has 1 aromatic carbocycles. The molecule has 1 atom stereocenters. The maximum Gasteiger partial charge on any atom is 0.280 e. The number of fused-ring (bicyclic) bond motifs is 1. The van der Waals surface area contributed by atoms with Crippen LogP contribution in [0.3, 0.4) is 0 Å². The van der Waals surface area contributed by atoms with Crippen molar-refractivity contribution >= 4 is 28.3 Å². The van der Waals surface area contributed by atoms with Crippen molar-refractivity contribution in [3.63, 3.8) is 0 Å². The molecule has 1 fully saturated rings. The average Bonchev–Trinajstić information content (AvgIpc) is 2.93. The second kappa shape index (κ2) is 6.52. The Labute approximate surface area is 132 Å². The molecule has 2 aliphatic rings. The summed E-state index contributed by atoms with van der Waals surface area (Å²) in [6, 6.07) is 5.65. The third-order valence-electron chi connectivity index (χ3n) is 4.18. The van der Waals surface area contributed by atoms with Crippen LogP contribution in [0.15, 0.2) is 18.2 Å². The van der Waals surface area contributed by atoms with E-state index >= 15 is 0 Å². The van der Waals surface area contributed by atoms with Crippen LogP contribution in [0.4, 0.5) is 5.69 Å². The molecule has 7 heteroatoms. The lowest BCUT2D eigenvalue weighted by Crippen LogP contribution is -2.41. The van der Waals surface area contributed by atoms with Gasteiger partial charge in [-0.05, 0) is 55.4 Å². The molecule has 5 nitrogen and oxygen atoms in total. The van der Waals surface area contributed by atoms with E-state index in [0.717, 1.165) is 43.4 Å². The third kappa shape index (κ3) is 3.51. The van der Waals surface area contributed by atoms with E-state index in [2.05, 4.69) is 4.72 Å². The highest BCUT2D eigenvalue weighted by Gasteiger charge is 2.30. The molecule has 3 N–H and O–H groups in total. The molecule has 0 radical (unpaired) electrons. The SMILES string of the molecule is Cl.Nc1ccc2c(c1)CCCC2NS(=O)(=O)N1CCCC1. The van der Waals surface area contributed by atoms with E-state index in [4.69, 9.17) is 5.73 Å². The number of hydrogen-bond acceptors (Lipinski definition) is 3. The number of anilines is 1. The van der Waals surface area contributed by atoms with Crippen LogP contribution in [-0.4, -0.2) is 25.8 Å². The van der Waals surface area contributed by atoms with Gasteiger partial charge in [0.15, 0.2) is 0 Å². The molecule has 0 spiro atoms. The average molecular weight is 332 g/mol. The number of nitrogens with one attached hydrogen (secondary N) is 1. The number of nitrogens with zero attached hydrogens (tertiary/aromatic N) is 1. The predicted octanol–water partition coefficient (Wildman–Crippen LogP) is 2.00. The zero-order valence-electron chi connectivity index (χ0n) is 11.9. The number of aryl methyl sites for hydroxylation is 1. The minimum atomic E-state index is -3.36. The summed E-state index contributed by atoms with van der Waals surface area (Å²) in [4.78, 5) is 0. The minimum Gasteiger partial charge on any atom is -0.399 e. The van der Waals surface area contributed by atoms with Crippen molar-refractivity contribution < 1.29 is 8.42 Å². The first kappa shape index (κ1) is 16.5. The normalized spacial score (nSPS) is 22.6. The molecule has 0 aromatic heterocycles. The summed E-state index contributed by atoms with van der Waals surface area (Å²) in [6.45, 7) is 1.27. The molecule has 0 saturated carbocycles. The van der Waals surface area contributed by atoms with Gasteiger partial charge >= 0.3 is 0 Å². The summed E-state index contributed by atoms with van der Waals surface area (Å²) in [7, 11) is -3.36. The lowest BCUT2D eigenvalue weighted by Gasteiger charge is -2.28. The van der Waals surface area contributed by atoms with Crippen LogP contribution in [0.2, 0.25) is 0 Å². The van der Waals surface area contributed by atoms with Gasteiger partial charge in [-0.25, -0.2) is 0 Å². The van der Waals surface area contributed by atoms with Crippen molar-refractivity contribution in [3.05, 3.63) is 29.3 Å². The summed E-state index contributed by atoms with van der Waals surface area (Å²) in [6.07, 6.45) is 4.73. The van der Waals surface area contributed by atoms with Gasteiger partial charge in [0.05, 0.1) is 0 Å². The minimum absolute atomic E-state index is 0. The van der Waals surface area contributed by atoms with Crippen molar-refractivity contribution in [2.75, 3.05) is 18.8 Å². The van der Waals surface area contributed by atoms with Crippen molar-refractivity contribution in [3.8, 4) is 0 Å². The van der Waals surface area contributed by atoms with Gasteiger partial charge in [0.2, 0.25) is 0 Å². The number of nitrogen functional groups attached to an aromatic ring is 1. The second-order valence-electron chi connectivity index (χ2n) is 5.63. The highest BCUT2D eigenvalue weighted by Crippen LogP contribution is 2.32. The van der Waals surface area contributed by atoms with Gasteiger partial charge in [-0.1, -0.05) is 6.07 Å². The molecule has 1 aromatic rings. The number of nitrogens with two attached hydrogens (primary N) is 1. The van der Waals surface area contributed by atoms with Gasteiger partial charge in [-0.2, -0.15) is 17.4 Å². The third-order valence-corrected chi connectivity index (χ3v) is 5.80. The van der Waals surface area contributed by atoms with E-state index in [9.17, 15) is 8.42 Å². The second-order valence-corrected chi connectivity index (χ2v) is 7.33. The first-order valence-corrected chi connectivity index (χ1v) is 8.66. The highest BCUT2D eigenvalue weighted by atomic mass is 35.5. The maximum absolute atomic E-state index is 12.4. The number of hydrogen-bond donors (Lipinski definition) is 2. The van der Waals surface area contributed by atoms with Crippen LogP contribution >= 0.6 is 12.4 Å². The lowest BCUT2D eigenvalue weighted by molar-refractivity contribution is 0.439. The molecular weight excluding hydrogens is 310 g/mol. The smallest absolute Gasteiger partial charge is 0.280 e. The van der Waals surface area contributed by atoms with Gasteiger partial charge in [-0.15, -0.1) is 12.4 Å². The highest BCUT2D eigenvalue weighted by molar-refractivity contribution is 7.87. The summed E-state index contributed by atoms with van der Waals surface area (Å²) >= 11 is 0. The van der Waals surface area contributed by atoms with Crippen LogP contribution in [0.5, 0.6) is 0 Å². The Balaban J connectivity index is 0.00000161. The van der Waals surface area contributed by atoms with Crippen molar-refractivity contribution in [2.24, 2.45) is 0 Å². The van der Waals surface area contributed by atoms with Crippen molar-refractivity contribution in [2.45, 2.75) is 38.1 Å². The molecule has 21 heavy (non-hydrogen) atoms. The summed E-state index contributed by atoms with van der Waals surface area (Å²) in [5, 5.41) is 0. The molecule has 1 saturated heterocycles. The molecule has 1 aliphatic carbocycles. The lowest BCUT2D eigenvalue weighted by atomic mass is 9.88. The Hall–Kier alpha value is -0.820. The Morgan fingerprint density at radius 1 is 1.19 bits per heavy atom. The van der Waals surface area contributed by atoms with E-state index < -0.39 is 10.2 Å². The molecule has 1 heterocycles. The monoisotopic (exact) mass is 331 g/mol. The Bertz CT molecular complexity index is 600. The Kier molecular flexibility index (Phi) is 5.14. The van der Waals surface area contributed by atoms with Crippen LogP contribution in [0, 0.1) is 0 Å². The van der Waals surface area contributed by atoms with Gasteiger partial charge in [0, 0.05) is 24.8 Å². The van der Waals surface area contributed by atoms with Crippen LogP contribution in [0.25, 0.3) is 0 Å². The van der Waals surface area contributed by atoms with Gasteiger partial charge in [0.1, 0.15) is 0 Å². The summed E-state index contributed by atoms with van der Waals surface area (Å²) in [5.41, 5.74) is 8.80. The van der Waals surface area contributed by atoms with Crippen molar-refractivity contribution in [1.29, 1.82) is 0 Å². The molecule has 118 valence electrons. The van der Waals surface area contributed by atoms with E-state index in [1.54, 1.807) is 4.31 Å². The maximum atomic E-state index is 12.4. The zero-order valence-corrected chi connectivity index (χ0v) is 13.5. The fourth-order valence-corrected chi connectivity index (χ4v) is 4.63. The zero-order chi connectivity index (χ0) is 14.2. The van der Waals surface area contributed by atoms with E-state index in [1.807, 2.05) is 18.2 Å². The summed E-state index contributed by atoms with van der Waals surface area (Å²) in [5.74, 6) is 0. The standard InChI is InChI=1S/C14H21N3O2S.ClH/c15-12-6-7-13-11(10-12)4-3-5-14(13)16-20(18,19)17-8-1-2-9-17;/h6-7,10,14,16H,1-5,8-9,15H2;1H. The fourth-order valence-electron chi connectivity index (χ4n) is 3.14. The number of benzene rings is 1. The Morgan fingerprint density at radius 2 is 1.90 bits per heavy atom. The summed E-state index contributed by atoms with van der Waals surface area (Å²) < 4.78 is 29.2. The molecule has 3 rings (SSSR count). The Morgan fingerprint density at radius 3 is 2.62 bits per heavy atom. The van der Waals surface area contributed by atoms with Crippen LogP contribution in [0.1, 0.15) is 42.9 Å². The van der Waals surface area contributed by atoms with Crippen LogP contribution < -0.4 is 10.5 Å². The molecule has 0 bridgehead atoms. The van der Waals surface area contributed by atoms with Crippen molar-refractivity contribution in [1.82, 2.24) is 9.03 Å². The van der Waals surface area contributed by atoms with E-state index in [-0.39, 0.29) is 18.4 Å². The van der Waals surface area contributed by atoms with Gasteiger partial charge < -0.3 is 5.73 Å². The molecular formula is C14H22ClN3O2S. The first-order valence-electron chi connectivity index (χ1n) is 7.22. The number of halogens is 1. The molecule has 0 amide bonds. The van der Waals surface area contributed by atoms with E-state index in [0.29, 0.717) is 13.1 Å². The van der Waals surface area contributed by atoms with Gasteiger partial charge in [-0.3, -0.25) is 0 Å². The fraction of sp³-hybridized carbons (Fsp3) is 0.571. The molecule has 1 aliphatic heterocycles.